The van der Waals surface area contributed by atoms with Crippen molar-refractivity contribution in [1.82, 2.24) is 0 Å². The van der Waals surface area contributed by atoms with Gasteiger partial charge in [0, 0.05) is 10.9 Å². The molecule has 0 N–H and O–H groups in total. The van der Waals surface area contributed by atoms with Crippen LogP contribution >= 0.6 is 15.9 Å². The molecule has 5 heteroatoms. The van der Waals surface area contributed by atoms with Crippen LogP contribution in [0.2, 0.25) is 0 Å². The lowest BCUT2D eigenvalue weighted by atomic mass is 9.98. The van der Waals surface area contributed by atoms with Gasteiger partial charge in [0.05, 0.1) is 26.9 Å². The molecule has 2 aromatic rings. The van der Waals surface area contributed by atoms with Crippen molar-refractivity contribution in [1.29, 1.82) is 0 Å². The summed E-state index contributed by atoms with van der Waals surface area (Å²) >= 11 is 3.49. The van der Waals surface area contributed by atoms with E-state index in [1.165, 1.54) is 7.11 Å². The first kappa shape index (κ1) is 16.4. The van der Waals surface area contributed by atoms with E-state index < -0.39 is 0 Å². The van der Waals surface area contributed by atoms with Crippen molar-refractivity contribution in [2.75, 3.05) is 21.3 Å². The summed E-state index contributed by atoms with van der Waals surface area (Å²) in [6.07, 6.45) is 0. The van der Waals surface area contributed by atoms with Crippen molar-refractivity contribution in [2.24, 2.45) is 0 Å². The molecule has 0 fully saturated rings. The zero-order valence-corrected chi connectivity index (χ0v) is 14.3. The first-order valence-corrected chi connectivity index (χ1v) is 7.76. The van der Waals surface area contributed by atoms with Crippen molar-refractivity contribution in [3.63, 3.8) is 0 Å². The summed E-state index contributed by atoms with van der Waals surface area (Å²) in [5.74, 6) is 1.03. The molecule has 2 rings (SSSR count). The van der Waals surface area contributed by atoms with Crippen LogP contribution < -0.4 is 9.47 Å². The van der Waals surface area contributed by atoms with Crippen LogP contribution in [0.5, 0.6) is 11.5 Å². The molecule has 0 aliphatic rings. The highest BCUT2D eigenvalue weighted by Crippen LogP contribution is 2.35. The van der Waals surface area contributed by atoms with E-state index in [-0.39, 0.29) is 5.97 Å². The molecule has 0 unspecified atom stereocenters. The Kier molecular flexibility index (Phi) is 5.44. The average Bonchev–Trinajstić information content (AvgIpc) is 2.59. The van der Waals surface area contributed by atoms with Crippen LogP contribution in [0, 0.1) is 0 Å². The largest absolute Gasteiger partial charge is 0.497 e. The molecule has 0 saturated carbocycles. The van der Waals surface area contributed by atoms with E-state index in [4.69, 9.17) is 14.2 Å². The summed E-state index contributed by atoms with van der Waals surface area (Å²) < 4.78 is 15.4. The average molecular weight is 365 g/mol. The van der Waals surface area contributed by atoms with Crippen LogP contribution in [-0.4, -0.2) is 27.3 Å². The van der Waals surface area contributed by atoms with Gasteiger partial charge >= 0.3 is 5.97 Å². The van der Waals surface area contributed by atoms with Crippen LogP contribution in [0.1, 0.15) is 15.9 Å². The molecular formula is C17H17BrO4. The van der Waals surface area contributed by atoms with Crippen molar-refractivity contribution in [3.05, 3.63) is 47.5 Å². The Balaban J connectivity index is 2.55. The van der Waals surface area contributed by atoms with Crippen LogP contribution in [0.3, 0.4) is 0 Å². The highest BCUT2D eigenvalue weighted by atomic mass is 79.9. The predicted octanol–water partition coefficient (Wildman–Crippen LogP) is 4.05. The highest BCUT2D eigenvalue weighted by molar-refractivity contribution is 9.08. The van der Waals surface area contributed by atoms with Gasteiger partial charge in [-0.1, -0.05) is 22.0 Å². The second-order valence-corrected chi connectivity index (χ2v) is 5.12. The maximum atomic E-state index is 11.6. The van der Waals surface area contributed by atoms with Gasteiger partial charge in [-0.2, -0.15) is 0 Å². The summed E-state index contributed by atoms with van der Waals surface area (Å²) in [7, 11) is 4.57. The molecule has 0 saturated heterocycles. The van der Waals surface area contributed by atoms with E-state index >= 15 is 0 Å². The van der Waals surface area contributed by atoms with Gasteiger partial charge in [-0.05, 0) is 41.5 Å². The van der Waals surface area contributed by atoms with Gasteiger partial charge in [-0.15, -0.1) is 0 Å². The van der Waals surface area contributed by atoms with E-state index in [9.17, 15) is 4.79 Å². The monoisotopic (exact) mass is 364 g/mol. The number of esters is 1. The van der Waals surface area contributed by atoms with Crippen molar-refractivity contribution >= 4 is 21.9 Å². The fraction of sp³-hybridized carbons (Fsp3) is 0.235. The minimum atomic E-state index is -0.389. The standard InChI is InChI=1S/C17H17BrO4/c1-20-13-5-7-14(12(8-13)10-18)15-6-4-11(17(19)22-3)9-16(15)21-2/h4-9H,10H2,1-3H3. The predicted molar refractivity (Wildman–Crippen MR) is 89.0 cm³/mol. The molecule has 0 aliphatic carbocycles. The molecule has 0 radical (unpaired) electrons. The number of methoxy groups -OCH3 is 3. The minimum absolute atomic E-state index is 0.389. The van der Waals surface area contributed by atoms with Gasteiger partial charge in [0.15, 0.2) is 0 Å². The summed E-state index contributed by atoms with van der Waals surface area (Å²) in [6, 6.07) is 11.1. The van der Waals surface area contributed by atoms with E-state index in [1.54, 1.807) is 26.4 Å². The van der Waals surface area contributed by atoms with Gasteiger partial charge in [0.1, 0.15) is 11.5 Å². The topological polar surface area (TPSA) is 44.8 Å². The Labute approximate surface area is 138 Å². The first-order chi connectivity index (χ1) is 10.6. The molecule has 22 heavy (non-hydrogen) atoms. The van der Waals surface area contributed by atoms with Crippen molar-refractivity contribution in [3.8, 4) is 22.6 Å². The summed E-state index contributed by atoms with van der Waals surface area (Å²) in [5, 5.41) is 0.682. The molecule has 0 aliphatic heterocycles. The molecule has 4 nitrogen and oxygen atoms in total. The van der Waals surface area contributed by atoms with Gasteiger partial charge < -0.3 is 14.2 Å². The number of hydrogen-bond donors (Lipinski definition) is 0. The SMILES string of the molecule is COC(=O)c1ccc(-c2ccc(OC)cc2CBr)c(OC)c1. The van der Waals surface area contributed by atoms with Crippen molar-refractivity contribution < 1.29 is 19.0 Å². The Hall–Kier alpha value is -2.01. The number of carbonyl (C=O) groups excluding carboxylic acids is 1. The third-order valence-corrected chi connectivity index (χ3v) is 3.97. The molecule has 0 aromatic heterocycles. The number of halogens is 1. The normalized spacial score (nSPS) is 10.2. The Morgan fingerprint density at radius 1 is 1.00 bits per heavy atom. The van der Waals surface area contributed by atoms with Crippen molar-refractivity contribution in [2.45, 2.75) is 5.33 Å². The molecule has 0 spiro atoms. The number of ether oxygens (including phenoxy) is 3. The van der Waals surface area contributed by atoms with Crippen LogP contribution in [0.4, 0.5) is 0 Å². The Bertz CT molecular complexity index is 682. The Morgan fingerprint density at radius 2 is 1.73 bits per heavy atom. The lowest BCUT2D eigenvalue weighted by Gasteiger charge is -2.14. The molecule has 0 amide bonds. The number of alkyl halides is 1. The zero-order valence-electron chi connectivity index (χ0n) is 12.7. The summed E-state index contributed by atoms with van der Waals surface area (Å²) in [5.41, 5.74) is 3.46. The fourth-order valence-corrected chi connectivity index (χ4v) is 2.69. The molecule has 0 heterocycles. The maximum absolute atomic E-state index is 11.6. The number of hydrogen-bond acceptors (Lipinski definition) is 4. The molecule has 2 aromatic carbocycles. The minimum Gasteiger partial charge on any atom is -0.497 e. The quantitative estimate of drug-likeness (QED) is 0.592. The third kappa shape index (κ3) is 3.25. The lowest BCUT2D eigenvalue weighted by Crippen LogP contribution is -2.02. The van der Waals surface area contributed by atoms with E-state index in [0.717, 1.165) is 22.4 Å². The smallest absolute Gasteiger partial charge is 0.337 e. The molecule has 0 atom stereocenters. The zero-order chi connectivity index (χ0) is 16.1. The van der Waals surface area contributed by atoms with Crippen LogP contribution in [0.15, 0.2) is 36.4 Å². The molecule has 0 bridgehead atoms. The fourth-order valence-electron chi connectivity index (χ4n) is 2.23. The van der Waals surface area contributed by atoms with Gasteiger partial charge in [-0.3, -0.25) is 0 Å². The highest BCUT2D eigenvalue weighted by Gasteiger charge is 2.14. The number of carbonyl (C=O) groups is 1. The first-order valence-electron chi connectivity index (χ1n) is 6.64. The number of rotatable bonds is 5. The van der Waals surface area contributed by atoms with Gasteiger partial charge in [0.25, 0.3) is 0 Å². The lowest BCUT2D eigenvalue weighted by molar-refractivity contribution is 0.0600. The van der Waals surface area contributed by atoms with Crippen LogP contribution in [0.25, 0.3) is 11.1 Å². The van der Waals surface area contributed by atoms with E-state index in [0.29, 0.717) is 16.6 Å². The second-order valence-electron chi connectivity index (χ2n) is 4.56. The molecular weight excluding hydrogens is 348 g/mol. The second kappa shape index (κ2) is 7.31. The van der Waals surface area contributed by atoms with E-state index in [1.807, 2.05) is 24.3 Å². The van der Waals surface area contributed by atoms with Crippen LogP contribution in [-0.2, 0) is 10.1 Å². The molecule has 116 valence electrons. The third-order valence-electron chi connectivity index (χ3n) is 3.37. The maximum Gasteiger partial charge on any atom is 0.337 e. The van der Waals surface area contributed by atoms with Gasteiger partial charge in [-0.25, -0.2) is 4.79 Å². The summed E-state index contributed by atoms with van der Waals surface area (Å²) in [4.78, 5) is 11.6. The van der Waals surface area contributed by atoms with E-state index in [2.05, 4.69) is 15.9 Å². The van der Waals surface area contributed by atoms with Gasteiger partial charge in [0.2, 0.25) is 0 Å². The summed E-state index contributed by atoms with van der Waals surface area (Å²) in [6.45, 7) is 0. The Morgan fingerprint density at radius 3 is 2.32 bits per heavy atom. The number of benzene rings is 2.